The van der Waals surface area contributed by atoms with Gasteiger partial charge in [0.25, 0.3) is 6.01 Å². The molecule has 11 nitrogen and oxygen atoms in total. The van der Waals surface area contributed by atoms with Crippen LogP contribution in [0.25, 0.3) is 11.2 Å². The van der Waals surface area contributed by atoms with Crippen LogP contribution < -0.4 is 15.2 Å². The average molecular weight is 584 g/mol. The number of unbranched alkanes of at least 4 members (excludes halogenated alkanes) is 1. The number of methoxy groups -OCH3 is 1. The van der Waals surface area contributed by atoms with Crippen molar-refractivity contribution in [3.8, 4) is 12.0 Å². The molecule has 0 bridgehead atoms. The van der Waals surface area contributed by atoms with Crippen molar-refractivity contribution in [2.75, 3.05) is 78.4 Å². The van der Waals surface area contributed by atoms with E-state index in [-0.39, 0.29) is 6.17 Å². The molecule has 2 aromatic heterocycles. The smallest absolute Gasteiger partial charge is 0.320 e. The fourth-order valence-electron chi connectivity index (χ4n) is 7.80. The van der Waals surface area contributed by atoms with E-state index in [0.717, 1.165) is 77.2 Å². The zero-order chi connectivity index (χ0) is 28.9. The van der Waals surface area contributed by atoms with Crippen molar-refractivity contribution >= 4 is 17.0 Å². The van der Waals surface area contributed by atoms with Crippen LogP contribution in [-0.2, 0) is 0 Å². The van der Waals surface area contributed by atoms with Gasteiger partial charge < -0.3 is 20.1 Å². The van der Waals surface area contributed by atoms with Crippen LogP contribution in [0.5, 0.6) is 12.0 Å². The highest BCUT2D eigenvalue weighted by atomic mass is 16.5. The summed E-state index contributed by atoms with van der Waals surface area (Å²) in [6.45, 7) is 12.7. The van der Waals surface area contributed by atoms with Crippen LogP contribution in [0.1, 0.15) is 83.7 Å². The summed E-state index contributed by atoms with van der Waals surface area (Å²) in [6, 6.07) is 2.45. The molecule has 2 aliphatic carbocycles. The predicted octanol–water partition coefficient (Wildman–Crippen LogP) is 3.61. The molecule has 0 spiro atoms. The summed E-state index contributed by atoms with van der Waals surface area (Å²) in [5.41, 5.74) is 7.73. The Hall–Kier alpha value is -2.21. The first-order valence-electron chi connectivity index (χ1n) is 16.8. The number of rotatable bonds is 12. The maximum atomic E-state index is 6.42. The summed E-state index contributed by atoms with van der Waals surface area (Å²) < 4.78 is 14.0. The highest BCUT2D eigenvalue weighted by Crippen LogP contribution is 2.34. The third kappa shape index (κ3) is 6.64. The lowest BCUT2D eigenvalue weighted by molar-refractivity contribution is 0.0301. The Morgan fingerprint density at radius 3 is 2.05 bits per heavy atom. The van der Waals surface area contributed by atoms with Gasteiger partial charge in [0, 0.05) is 71.0 Å². The van der Waals surface area contributed by atoms with E-state index in [1.807, 2.05) is 0 Å². The Labute approximate surface area is 251 Å². The number of hydrogen-bond acceptors (Lipinski definition) is 10. The molecule has 0 radical (unpaired) electrons. The fourth-order valence-corrected chi connectivity index (χ4v) is 7.80. The van der Waals surface area contributed by atoms with Crippen molar-refractivity contribution in [3.63, 3.8) is 0 Å². The second-order valence-electron chi connectivity index (χ2n) is 12.8. The molecule has 4 aliphatic rings. The van der Waals surface area contributed by atoms with Gasteiger partial charge in [0.15, 0.2) is 17.0 Å². The SMILES string of the molecule is CCCCOc1nc(N)c2nc(OC)n(C(CCN3CCN(C4CCCC4)CC3)N3CCN(C4CCCC4)CC3)c2n1. The Bertz CT molecular complexity index is 1130. The molecular formula is C31H53N9O2. The van der Waals surface area contributed by atoms with Crippen LogP contribution in [0.4, 0.5) is 5.82 Å². The molecule has 2 saturated carbocycles. The van der Waals surface area contributed by atoms with Crippen LogP contribution in [0.2, 0.25) is 0 Å². The number of anilines is 1. The van der Waals surface area contributed by atoms with Crippen LogP contribution in [0, 0.1) is 0 Å². The van der Waals surface area contributed by atoms with Crippen molar-refractivity contribution in [2.24, 2.45) is 0 Å². The van der Waals surface area contributed by atoms with E-state index in [0.29, 0.717) is 35.6 Å². The van der Waals surface area contributed by atoms with Crippen LogP contribution in [0.3, 0.4) is 0 Å². The maximum absolute atomic E-state index is 6.42. The van der Waals surface area contributed by atoms with Gasteiger partial charge in [-0.1, -0.05) is 39.0 Å². The molecule has 6 rings (SSSR count). The minimum Gasteiger partial charge on any atom is -0.468 e. The number of ether oxygens (including phenoxy) is 2. The van der Waals surface area contributed by atoms with Crippen molar-refractivity contribution in [1.29, 1.82) is 0 Å². The summed E-state index contributed by atoms with van der Waals surface area (Å²) in [5, 5.41) is 0. The quantitative estimate of drug-likeness (QED) is 0.373. The van der Waals surface area contributed by atoms with Gasteiger partial charge in [-0.15, -0.1) is 0 Å². The molecule has 11 heteroatoms. The highest BCUT2D eigenvalue weighted by molar-refractivity contribution is 5.83. The van der Waals surface area contributed by atoms with E-state index >= 15 is 0 Å². The fraction of sp³-hybridized carbons (Fsp3) is 0.839. The Morgan fingerprint density at radius 2 is 1.45 bits per heavy atom. The second kappa shape index (κ2) is 14.1. The molecule has 4 heterocycles. The molecule has 0 aromatic carbocycles. The maximum Gasteiger partial charge on any atom is 0.320 e. The molecule has 234 valence electrons. The first-order chi connectivity index (χ1) is 20.6. The molecule has 1 atom stereocenters. The standard InChI is InChI=1S/C31H53N9O2/c1-3-4-23-42-30-34-28(32)27-29(35-30)40(31(33-27)41-2)26(39-21-19-38(20-22-39)25-11-7-8-12-25)13-14-36-15-17-37(18-16-36)24-9-5-6-10-24/h24-26H,3-23H2,1-2H3,(H2,32,34,35). The average Bonchev–Trinajstić information content (AvgIpc) is 3.81. The number of aromatic nitrogens is 4. The Kier molecular flexibility index (Phi) is 9.98. The Morgan fingerprint density at radius 1 is 0.833 bits per heavy atom. The number of nitrogens with two attached hydrogens (primary N) is 1. The van der Waals surface area contributed by atoms with E-state index in [9.17, 15) is 0 Å². The summed E-state index contributed by atoms with van der Waals surface area (Å²) in [4.78, 5) is 24.8. The molecule has 42 heavy (non-hydrogen) atoms. The van der Waals surface area contributed by atoms with Crippen molar-refractivity contribution in [1.82, 2.24) is 39.1 Å². The van der Waals surface area contributed by atoms with E-state index in [2.05, 4.69) is 36.1 Å². The number of fused-ring (bicyclic) bond motifs is 1. The molecule has 2 N–H and O–H groups in total. The molecule has 2 aliphatic heterocycles. The normalized spacial score (nSPS) is 23.3. The first-order valence-corrected chi connectivity index (χ1v) is 16.8. The molecule has 1 unspecified atom stereocenters. The topological polar surface area (TPSA) is 101 Å². The van der Waals surface area contributed by atoms with Crippen LogP contribution in [0.15, 0.2) is 0 Å². The largest absolute Gasteiger partial charge is 0.468 e. The lowest BCUT2D eigenvalue weighted by atomic mass is 10.1. The zero-order valence-electron chi connectivity index (χ0n) is 26.1. The van der Waals surface area contributed by atoms with Crippen LogP contribution >= 0.6 is 0 Å². The minimum atomic E-state index is 0.0707. The summed E-state index contributed by atoms with van der Waals surface area (Å²) in [6.07, 6.45) is 14.1. The first kappa shape index (κ1) is 29.8. The number of nitrogen functional groups attached to an aromatic ring is 1. The van der Waals surface area contributed by atoms with Gasteiger partial charge in [-0.05, 0) is 38.5 Å². The third-order valence-corrected chi connectivity index (χ3v) is 10.3. The summed E-state index contributed by atoms with van der Waals surface area (Å²) in [7, 11) is 1.69. The van der Waals surface area contributed by atoms with Crippen molar-refractivity contribution < 1.29 is 9.47 Å². The monoisotopic (exact) mass is 583 g/mol. The lowest BCUT2D eigenvalue weighted by Gasteiger charge is -2.43. The number of piperazine rings is 2. The molecule has 0 amide bonds. The number of nitrogens with zero attached hydrogens (tertiary/aromatic N) is 8. The molecule has 4 fully saturated rings. The summed E-state index contributed by atoms with van der Waals surface area (Å²) >= 11 is 0. The second-order valence-corrected chi connectivity index (χ2v) is 12.8. The predicted molar refractivity (Wildman–Crippen MR) is 166 cm³/mol. The van der Waals surface area contributed by atoms with E-state index in [4.69, 9.17) is 25.2 Å². The van der Waals surface area contributed by atoms with E-state index < -0.39 is 0 Å². The van der Waals surface area contributed by atoms with Gasteiger partial charge in [0.2, 0.25) is 0 Å². The van der Waals surface area contributed by atoms with Gasteiger partial charge in [-0.3, -0.25) is 19.3 Å². The molecule has 2 aromatic rings. The minimum absolute atomic E-state index is 0.0707. The van der Waals surface area contributed by atoms with Crippen molar-refractivity contribution in [2.45, 2.75) is 95.8 Å². The van der Waals surface area contributed by atoms with E-state index in [1.165, 1.54) is 64.5 Å². The zero-order valence-corrected chi connectivity index (χ0v) is 26.1. The number of hydrogen-bond donors (Lipinski definition) is 1. The van der Waals surface area contributed by atoms with Gasteiger partial charge in [-0.25, -0.2) is 0 Å². The van der Waals surface area contributed by atoms with E-state index in [1.54, 1.807) is 7.11 Å². The van der Waals surface area contributed by atoms with Gasteiger partial charge in [0.1, 0.15) is 0 Å². The number of imidazole rings is 1. The van der Waals surface area contributed by atoms with Gasteiger partial charge in [0.05, 0.1) is 19.9 Å². The third-order valence-electron chi connectivity index (χ3n) is 10.3. The van der Waals surface area contributed by atoms with Gasteiger partial charge >= 0.3 is 6.01 Å². The van der Waals surface area contributed by atoms with Gasteiger partial charge in [-0.2, -0.15) is 15.0 Å². The Balaban J connectivity index is 1.22. The van der Waals surface area contributed by atoms with Crippen molar-refractivity contribution in [3.05, 3.63) is 0 Å². The lowest BCUT2D eigenvalue weighted by Crippen LogP contribution is -2.52. The highest BCUT2D eigenvalue weighted by Gasteiger charge is 2.34. The summed E-state index contributed by atoms with van der Waals surface area (Å²) in [5.74, 6) is 0.344. The molecular weight excluding hydrogens is 530 g/mol. The molecule has 2 saturated heterocycles. The van der Waals surface area contributed by atoms with Crippen LogP contribution in [-0.4, -0.2) is 124 Å².